The summed E-state index contributed by atoms with van der Waals surface area (Å²) in [7, 11) is 0. The number of nitrogens with two attached hydrogens (primary N) is 1. The van der Waals surface area contributed by atoms with Crippen LogP contribution in [0.4, 0.5) is 5.69 Å². The van der Waals surface area contributed by atoms with E-state index in [0.29, 0.717) is 17.8 Å². The number of nitrogens with one attached hydrogen (secondary N) is 2. The van der Waals surface area contributed by atoms with E-state index in [-0.39, 0.29) is 5.91 Å². The van der Waals surface area contributed by atoms with Gasteiger partial charge in [-0.25, -0.2) is 0 Å². The Balaban J connectivity index is 2.84. The molecule has 0 saturated carbocycles. The smallest absolute Gasteiger partial charge is 0.254 e. The van der Waals surface area contributed by atoms with E-state index in [2.05, 4.69) is 15.6 Å². The molecule has 6 nitrogen and oxygen atoms in total. The lowest BCUT2D eigenvalue weighted by molar-refractivity contribution is -0.119. The molecule has 0 spiro atoms. The van der Waals surface area contributed by atoms with Gasteiger partial charge in [0.05, 0.1) is 17.4 Å². The molecule has 4 N–H and O–H groups in total. The Bertz CT molecular complexity index is 420. The number of carbonyl (C=O) groups excluding carboxylic acids is 2. The average Bonchev–Trinajstić information content (AvgIpc) is 2.29. The van der Waals surface area contributed by atoms with Crippen LogP contribution >= 0.6 is 0 Å². The second kappa shape index (κ2) is 5.83. The number of rotatable bonds is 5. The molecule has 1 unspecified atom stereocenters. The van der Waals surface area contributed by atoms with Crippen molar-refractivity contribution in [2.45, 2.75) is 19.9 Å². The number of hydrogen-bond acceptors (Lipinski definition) is 4. The van der Waals surface area contributed by atoms with Gasteiger partial charge in [0.1, 0.15) is 6.04 Å². The van der Waals surface area contributed by atoms with E-state index in [1.807, 2.05) is 6.92 Å². The minimum Gasteiger partial charge on any atom is -0.383 e. The summed E-state index contributed by atoms with van der Waals surface area (Å²) in [5, 5.41) is 5.53. The molecule has 1 heterocycles. The molecule has 0 bridgehead atoms. The Hall–Kier alpha value is -2.11. The first-order valence-corrected chi connectivity index (χ1v) is 5.34. The van der Waals surface area contributed by atoms with Crippen molar-refractivity contribution < 1.29 is 9.59 Å². The van der Waals surface area contributed by atoms with E-state index in [9.17, 15) is 9.59 Å². The number of nitrogens with zero attached hydrogens (tertiary/aromatic N) is 1. The summed E-state index contributed by atoms with van der Waals surface area (Å²) in [6.07, 6.45) is 3.08. The van der Waals surface area contributed by atoms with Gasteiger partial charge < -0.3 is 16.4 Å². The topological polar surface area (TPSA) is 97.1 Å². The molecule has 92 valence electrons. The molecule has 2 amide bonds. The maximum Gasteiger partial charge on any atom is 0.254 e. The predicted octanol–water partition coefficient (Wildman–Crippen LogP) is 0.117. The number of pyridine rings is 1. The summed E-state index contributed by atoms with van der Waals surface area (Å²) in [6.45, 7) is 4.13. The van der Waals surface area contributed by atoms with Crippen LogP contribution in [0.2, 0.25) is 0 Å². The van der Waals surface area contributed by atoms with Crippen LogP contribution in [-0.2, 0) is 4.79 Å². The molecule has 0 saturated heterocycles. The van der Waals surface area contributed by atoms with Crippen molar-refractivity contribution in [2.24, 2.45) is 5.73 Å². The van der Waals surface area contributed by atoms with E-state index in [1.165, 1.54) is 13.1 Å². The molecule has 0 aliphatic heterocycles. The third-order valence-corrected chi connectivity index (χ3v) is 2.21. The van der Waals surface area contributed by atoms with Gasteiger partial charge in [-0.2, -0.15) is 0 Å². The first-order valence-electron chi connectivity index (χ1n) is 5.34. The normalized spacial score (nSPS) is 11.6. The lowest BCUT2D eigenvalue weighted by Crippen LogP contribution is -2.42. The zero-order valence-corrected chi connectivity index (χ0v) is 9.86. The Labute approximate surface area is 99.6 Å². The number of carbonyl (C=O) groups is 2. The van der Waals surface area contributed by atoms with Crippen molar-refractivity contribution in [1.82, 2.24) is 10.3 Å². The van der Waals surface area contributed by atoms with Crippen LogP contribution < -0.4 is 16.4 Å². The third-order valence-electron chi connectivity index (χ3n) is 2.21. The molecule has 0 aromatic carbocycles. The summed E-state index contributed by atoms with van der Waals surface area (Å²) in [4.78, 5) is 26.7. The van der Waals surface area contributed by atoms with Crippen LogP contribution in [0.1, 0.15) is 24.2 Å². The van der Waals surface area contributed by atoms with Gasteiger partial charge in [0.2, 0.25) is 5.91 Å². The summed E-state index contributed by atoms with van der Waals surface area (Å²) < 4.78 is 0. The zero-order chi connectivity index (χ0) is 12.8. The van der Waals surface area contributed by atoms with Gasteiger partial charge >= 0.3 is 0 Å². The standard InChI is InChI=1S/C11H16N4O2/c1-3-14-9-6-13-5-4-8(9)11(17)15-7(2)10(12)16/h4-7,14H,3H2,1-2H3,(H2,12,16)(H,15,17). The number of anilines is 1. The van der Waals surface area contributed by atoms with Crippen LogP contribution in [0.25, 0.3) is 0 Å². The van der Waals surface area contributed by atoms with Crippen molar-refractivity contribution in [2.75, 3.05) is 11.9 Å². The Morgan fingerprint density at radius 3 is 2.82 bits per heavy atom. The van der Waals surface area contributed by atoms with Crippen LogP contribution in [0, 0.1) is 0 Å². The van der Waals surface area contributed by atoms with Gasteiger partial charge in [0, 0.05) is 12.7 Å². The number of primary amides is 1. The molecule has 1 aromatic heterocycles. The molecule has 1 rings (SSSR count). The number of aromatic nitrogens is 1. The van der Waals surface area contributed by atoms with Gasteiger partial charge in [0.15, 0.2) is 0 Å². The molecule has 0 radical (unpaired) electrons. The van der Waals surface area contributed by atoms with Gasteiger partial charge in [-0.15, -0.1) is 0 Å². The van der Waals surface area contributed by atoms with Gasteiger partial charge in [-0.1, -0.05) is 0 Å². The van der Waals surface area contributed by atoms with E-state index in [1.54, 1.807) is 12.3 Å². The number of amides is 2. The third kappa shape index (κ3) is 3.44. The van der Waals surface area contributed by atoms with Crippen molar-refractivity contribution >= 4 is 17.5 Å². The lowest BCUT2D eigenvalue weighted by Gasteiger charge is -2.13. The van der Waals surface area contributed by atoms with Gasteiger partial charge in [-0.3, -0.25) is 14.6 Å². The quantitative estimate of drug-likeness (QED) is 0.676. The largest absolute Gasteiger partial charge is 0.383 e. The van der Waals surface area contributed by atoms with Crippen molar-refractivity contribution in [3.05, 3.63) is 24.0 Å². The van der Waals surface area contributed by atoms with Gasteiger partial charge in [-0.05, 0) is 19.9 Å². The molecule has 0 fully saturated rings. The second-order valence-electron chi connectivity index (χ2n) is 3.55. The molecule has 17 heavy (non-hydrogen) atoms. The molecule has 6 heteroatoms. The molecule has 0 aliphatic carbocycles. The molecule has 1 atom stereocenters. The lowest BCUT2D eigenvalue weighted by atomic mass is 10.2. The average molecular weight is 236 g/mol. The van der Waals surface area contributed by atoms with Crippen molar-refractivity contribution in [1.29, 1.82) is 0 Å². The minimum absolute atomic E-state index is 0.352. The molecule has 0 aliphatic rings. The highest BCUT2D eigenvalue weighted by Gasteiger charge is 2.16. The summed E-state index contributed by atoms with van der Waals surface area (Å²) in [5.41, 5.74) is 6.15. The SMILES string of the molecule is CCNc1cnccc1C(=O)NC(C)C(N)=O. The van der Waals surface area contributed by atoms with Crippen molar-refractivity contribution in [3.63, 3.8) is 0 Å². The maximum absolute atomic E-state index is 11.9. The maximum atomic E-state index is 11.9. The van der Waals surface area contributed by atoms with E-state index < -0.39 is 11.9 Å². The molecule has 1 aromatic rings. The summed E-state index contributed by atoms with van der Waals surface area (Å²) in [6, 6.07) is 0.881. The molecular formula is C11H16N4O2. The van der Waals surface area contributed by atoms with Crippen LogP contribution in [-0.4, -0.2) is 29.4 Å². The Kier molecular flexibility index (Phi) is 4.45. The van der Waals surface area contributed by atoms with Crippen molar-refractivity contribution in [3.8, 4) is 0 Å². The van der Waals surface area contributed by atoms with Crippen LogP contribution in [0.15, 0.2) is 18.5 Å². The summed E-state index contributed by atoms with van der Waals surface area (Å²) >= 11 is 0. The second-order valence-corrected chi connectivity index (χ2v) is 3.55. The fourth-order valence-corrected chi connectivity index (χ4v) is 1.27. The zero-order valence-electron chi connectivity index (χ0n) is 9.86. The Morgan fingerprint density at radius 1 is 1.53 bits per heavy atom. The highest BCUT2D eigenvalue weighted by atomic mass is 16.2. The first-order chi connectivity index (χ1) is 8.06. The molecular weight excluding hydrogens is 220 g/mol. The van der Waals surface area contributed by atoms with E-state index in [4.69, 9.17) is 5.73 Å². The fraction of sp³-hybridized carbons (Fsp3) is 0.364. The highest BCUT2D eigenvalue weighted by Crippen LogP contribution is 2.12. The van der Waals surface area contributed by atoms with E-state index >= 15 is 0 Å². The summed E-state index contributed by atoms with van der Waals surface area (Å²) in [5.74, 6) is -0.924. The van der Waals surface area contributed by atoms with Gasteiger partial charge in [0.25, 0.3) is 5.91 Å². The highest BCUT2D eigenvalue weighted by molar-refractivity contribution is 6.01. The fourth-order valence-electron chi connectivity index (χ4n) is 1.27. The number of hydrogen-bond donors (Lipinski definition) is 3. The first kappa shape index (κ1) is 13.0. The van der Waals surface area contributed by atoms with Crippen LogP contribution in [0.3, 0.4) is 0 Å². The van der Waals surface area contributed by atoms with E-state index in [0.717, 1.165) is 0 Å². The minimum atomic E-state index is -0.704. The predicted molar refractivity (Wildman–Crippen MR) is 64.5 cm³/mol. The van der Waals surface area contributed by atoms with Crippen LogP contribution in [0.5, 0.6) is 0 Å². The Morgan fingerprint density at radius 2 is 2.24 bits per heavy atom. The monoisotopic (exact) mass is 236 g/mol.